The average molecular weight is 457 g/mol. The number of rotatable bonds is 7. The summed E-state index contributed by atoms with van der Waals surface area (Å²) in [5.41, 5.74) is 7.72. The highest BCUT2D eigenvalue weighted by Gasteiger charge is 2.50. The highest BCUT2D eigenvalue weighted by Crippen LogP contribution is 2.57. The van der Waals surface area contributed by atoms with Crippen LogP contribution < -0.4 is 15.8 Å². The molecule has 2 aromatic rings. The van der Waals surface area contributed by atoms with Gasteiger partial charge in [0.15, 0.2) is 11.9 Å². The van der Waals surface area contributed by atoms with Gasteiger partial charge in [-0.15, -0.1) is 0 Å². The van der Waals surface area contributed by atoms with Gasteiger partial charge in [-0.2, -0.15) is 9.83 Å². The quantitative estimate of drug-likeness (QED) is 0.363. The standard InChI is InChI=1S/C23H32N6O4/c1-12(2)18(24)22(31)33-11-16(23(3,4)5)26-21(30)19-15-9-13-8-14(13)20(15)29(27-19)17-10-28(32)7-6-25-17/h6-7,10,12-14,16,18H,8-9,11,24H2,1-5H3,(H,26,30)/t13-,14-,16+,18?/m0/s1. The van der Waals surface area contributed by atoms with Gasteiger partial charge in [-0.25, -0.2) is 9.67 Å². The number of hydrogen-bond donors (Lipinski definition) is 2. The number of ether oxygens (including phenoxy) is 1. The molecule has 3 N–H and O–H groups in total. The molecule has 1 amide bonds. The Morgan fingerprint density at radius 1 is 1.39 bits per heavy atom. The second kappa shape index (κ2) is 8.40. The number of aromatic nitrogens is 4. The van der Waals surface area contributed by atoms with Gasteiger partial charge in [0.25, 0.3) is 5.91 Å². The summed E-state index contributed by atoms with van der Waals surface area (Å²) in [5.74, 6) is 0.377. The van der Waals surface area contributed by atoms with Crippen molar-refractivity contribution in [3.8, 4) is 5.82 Å². The van der Waals surface area contributed by atoms with Gasteiger partial charge >= 0.3 is 5.97 Å². The lowest BCUT2D eigenvalue weighted by molar-refractivity contribution is -0.605. The van der Waals surface area contributed by atoms with E-state index >= 15 is 0 Å². The first-order valence-electron chi connectivity index (χ1n) is 11.4. The van der Waals surface area contributed by atoms with Gasteiger partial charge in [-0.05, 0) is 30.1 Å². The van der Waals surface area contributed by atoms with E-state index in [1.807, 2.05) is 34.6 Å². The molecule has 1 unspecified atom stereocenters. The van der Waals surface area contributed by atoms with Crippen molar-refractivity contribution in [2.24, 2.45) is 23.0 Å². The van der Waals surface area contributed by atoms with E-state index < -0.39 is 18.1 Å². The Bertz CT molecular complexity index is 1070. The number of nitrogens with one attached hydrogen (secondary N) is 1. The van der Waals surface area contributed by atoms with Crippen LogP contribution in [-0.4, -0.2) is 45.3 Å². The van der Waals surface area contributed by atoms with Crippen molar-refractivity contribution in [3.05, 3.63) is 40.7 Å². The molecule has 0 radical (unpaired) electrons. The van der Waals surface area contributed by atoms with Crippen LogP contribution in [0.2, 0.25) is 0 Å². The molecule has 2 aliphatic rings. The summed E-state index contributed by atoms with van der Waals surface area (Å²) in [5, 5.41) is 19.4. The van der Waals surface area contributed by atoms with E-state index in [0.717, 1.165) is 24.1 Å². The van der Waals surface area contributed by atoms with E-state index in [2.05, 4.69) is 15.4 Å². The SMILES string of the molecule is CC(C)C(N)C(=O)OC[C@@H](NC(=O)c1nn(-c2c[n+]([O-])ccn2)c2c1C[C@@H]1C[C@H]21)C(C)(C)C. The zero-order chi connectivity index (χ0) is 24.1. The number of fused-ring (bicyclic) bond motifs is 3. The Kier molecular flexibility index (Phi) is 5.90. The minimum absolute atomic E-state index is 0.0130. The molecule has 0 aliphatic heterocycles. The van der Waals surface area contributed by atoms with Gasteiger partial charge in [0.1, 0.15) is 12.6 Å². The Morgan fingerprint density at radius 2 is 2.12 bits per heavy atom. The lowest BCUT2D eigenvalue weighted by Crippen LogP contribution is -2.48. The van der Waals surface area contributed by atoms with E-state index in [-0.39, 0.29) is 23.8 Å². The molecule has 4 rings (SSSR count). The topological polar surface area (TPSA) is 139 Å². The molecule has 0 spiro atoms. The van der Waals surface area contributed by atoms with Gasteiger partial charge in [0.05, 0.1) is 17.9 Å². The molecule has 1 fully saturated rings. The fourth-order valence-corrected chi connectivity index (χ4v) is 4.22. The summed E-state index contributed by atoms with van der Waals surface area (Å²) < 4.78 is 7.74. The lowest BCUT2D eigenvalue weighted by Gasteiger charge is -2.31. The van der Waals surface area contributed by atoms with Gasteiger partial charge in [-0.1, -0.05) is 34.6 Å². The van der Waals surface area contributed by atoms with Gasteiger partial charge in [0.2, 0.25) is 12.0 Å². The van der Waals surface area contributed by atoms with Crippen LogP contribution in [0.15, 0.2) is 18.6 Å². The maximum Gasteiger partial charge on any atom is 0.323 e. The Morgan fingerprint density at radius 3 is 2.76 bits per heavy atom. The summed E-state index contributed by atoms with van der Waals surface area (Å²) in [6.45, 7) is 9.62. The second-order valence-corrected chi connectivity index (χ2v) is 10.5. The van der Waals surface area contributed by atoms with Gasteiger partial charge < -0.3 is 21.0 Å². The first kappa shape index (κ1) is 23.2. The van der Waals surface area contributed by atoms with Crippen molar-refractivity contribution in [3.63, 3.8) is 0 Å². The fourth-order valence-electron chi connectivity index (χ4n) is 4.22. The zero-order valence-electron chi connectivity index (χ0n) is 19.7. The van der Waals surface area contributed by atoms with Crippen LogP contribution in [0.1, 0.15) is 68.7 Å². The van der Waals surface area contributed by atoms with Gasteiger partial charge in [-0.3, -0.25) is 9.59 Å². The van der Waals surface area contributed by atoms with Crippen molar-refractivity contribution < 1.29 is 19.1 Å². The first-order chi connectivity index (χ1) is 15.5. The fraction of sp³-hybridized carbons (Fsp3) is 0.609. The minimum atomic E-state index is -0.714. The predicted octanol–water partition coefficient (Wildman–Crippen LogP) is 1.23. The third-order valence-corrected chi connectivity index (χ3v) is 6.59. The molecule has 2 aliphatic carbocycles. The molecular formula is C23H32N6O4. The molecule has 1 saturated carbocycles. The van der Waals surface area contributed by atoms with Crippen molar-refractivity contribution in [1.29, 1.82) is 0 Å². The zero-order valence-corrected chi connectivity index (χ0v) is 19.7. The number of nitrogens with two attached hydrogens (primary N) is 1. The molecule has 2 aromatic heterocycles. The predicted molar refractivity (Wildman–Crippen MR) is 119 cm³/mol. The van der Waals surface area contributed by atoms with Crippen LogP contribution >= 0.6 is 0 Å². The van der Waals surface area contributed by atoms with Crippen molar-refractivity contribution in [2.75, 3.05) is 6.61 Å². The normalized spacial score (nSPS) is 20.7. The molecule has 33 heavy (non-hydrogen) atoms. The molecule has 4 atom stereocenters. The number of esters is 1. The summed E-state index contributed by atoms with van der Waals surface area (Å²) in [4.78, 5) is 29.9. The van der Waals surface area contributed by atoms with Crippen LogP contribution in [-0.2, 0) is 16.0 Å². The first-order valence-corrected chi connectivity index (χ1v) is 11.4. The van der Waals surface area contributed by atoms with Crippen molar-refractivity contribution >= 4 is 11.9 Å². The molecular weight excluding hydrogens is 424 g/mol. The van der Waals surface area contributed by atoms with Gasteiger partial charge in [0, 0.05) is 11.5 Å². The molecule has 10 heteroatoms. The number of hydrogen-bond acceptors (Lipinski definition) is 7. The Balaban J connectivity index is 1.56. The van der Waals surface area contributed by atoms with Crippen LogP contribution in [0, 0.1) is 22.5 Å². The molecule has 2 heterocycles. The molecule has 0 aromatic carbocycles. The van der Waals surface area contributed by atoms with Crippen molar-refractivity contribution in [1.82, 2.24) is 20.1 Å². The number of amides is 1. The number of carbonyl (C=O) groups is 2. The van der Waals surface area contributed by atoms with Crippen LogP contribution in [0.25, 0.3) is 5.82 Å². The maximum atomic E-state index is 13.3. The molecule has 0 bridgehead atoms. The molecule has 0 saturated heterocycles. The summed E-state index contributed by atoms with van der Waals surface area (Å²) >= 11 is 0. The largest absolute Gasteiger partial charge is 0.619 e. The maximum absolute atomic E-state index is 13.3. The van der Waals surface area contributed by atoms with E-state index in [1.165, 1.54) is 18.6 Å². The van der Waals surface area contributed by atoms with Crippen LogP contribution in [0.4, 0.5) is 0 Å². The van der Waals surface area contributed by atoms with E-state index in [9.17, 15) is 14.8 Å². The highest BCUT2D eigenvalue weighted by molar-refractivity contribution is 5.94. The monoisotopic (exact) mass is 456 g/mol. The summed E-state index contributed by atoms with van der Waals surface area (Å²) in [6, 6.07) is -1.15. The Labute approximate surface area is 193 Å². The third kappa shape index (κ3) is 4.57. The van der Waals surface area contributed by atoms with E-state index in [1.54, 1.807) is 4.68 Å². The third-order valence-electron chi connectivity index (χ3n) is 6.59. The lowest BCUT2D eigenvalue weighted by atomic mass is 9.87. The van der Waals surface area contributed by atoms with E-state index in [4.69, 9.17) is 10.5 Å². The van der Waals surface area contributed by atoms with E-state index in [0.29, 0.717) is 28.1 Å². The number of nitrogens with zero attached hydrogens (tertiary/aromatic N) is 4. The van der Waals surface area contributed by atoms with Crippen LogP contribution in [0.3, 0.4) is 0 Å². The highest BCUT2D eigenvalue weighted by atomic mass is 16.5. The smallest absolute Gasteiger partial charge is 0.323 e. The molecule has 10 nitrogen and oxygen atoms in total. The number of carbonyl (C=O) groups excluding carboxylic acids is 2. The average Bonchev–Trinajstić information content (AvgIpc) is 3.23. The summed E-state index contributed by atoms with van der Waals surface area (Å²) in [6.07, 6.45) is 5.91. The molecule has 178 valence electrons. The summed E-state index contributed by atoms with van der Waals surface area (Å²) in [7, 11) is 0. The van der Waals surface area contributed by atoms with Crippen molar-refractivity contribution in [2.45, 2.75) is 65.5 Å². The Hall–Kier alpha value is -3.01. The minimum Gasteiger partial charge on any atom is -0.619 e. The van der Waals surface area contributed by atoms with Crippen LogP contribution in [0.5, 0.6) is 0 Å². The second-order valence-electron chi connectivity index (χ2n) is 10.5.